The number of aryl methyl sites for hydroxylation is 2. The number of aliphatic hydroxyl groups excluding tert-OH is 3. The first-order valence-corrected chi connectivity index (χ1v) is 25.3. The summed E-state index contributed by atoms with van der Waals surface area (Å²) in [7, 11) is 0. The number of aliphatic carboxylic acids is 1. The van der Waals surface area contributed by atoms with Crippen LogP contribution >= 0.6 is 15.9 Å². The molecule has 5 aromatic rings. The van der Waals surface area contributed by atoms with E-state index in [0.717, 1.165) is 21.3 Å². The molecule has 22 heteroatoms. The normalized spacial score (nSPS) is 17.1. The van der Waals surface area contributed by atoms with Gasteiger partial charge in [-0.25, -0.2) is 14.3 Å². The Bertz CT molecular complexity index is 2930. The molecule has 7 N–H and O–H groups in total. The maximum atomic E-state index is 13.5. The Hall–Kier alpha value is -6.94. The standard InChI is InChI=1S/C54H61BrN6O15/c1-4-19-61(32-38-28-40-42(29-41(38)55)57-34(3)58-52(40)69)39-11-9-37(10-12-39)44(63)13-7-35-6-5-20-60(30-35)31-36-8-14-45(75-54-50(68)48(66)49(67)51(76-54)53(70)71)43(27-36)59-47(65)15-18-56-46(64)17-22-73-24-26-74-25-23-72-21-16-33(2)62/h1,5-6,8-12,14,20,27-30,48-51,54,66-68H,7,13,15-19,21-26,31-32H2,2-3H3,(H3-,56,57,58,59,64,65,69,70,71)/p+1/t48-,49-,50+,51-,54+/m0/s1. The summed E-state index contributed by atoms with van der Waals surface area (Å²) in [5.41, 5.74) is 4.10. The number of hydrogen-bond donors (Lipinski definition) is 7. The van der Waals surface area contributed by atoms with Gasteiger partial charge < -0.3 is 64.6 Å². The van der Waals surface area contributed by atoms with E-state index in [1.165, 1.54) is 13.0 Å². The molecular formula is C54H62BrN6O15+. The maximum absolute atomic E-state index is 13.5. The predicted octanol–water partition coefficient (Wildman–Crippen LogP) is 2.92. The van der Waals surface area contributed by atoms with Gasteiger partial charge in [0.1, 0.15) is 35.7 Å². The number of aliphatic hydroxyl groups is 3. The van der Waals surface area contributed by atoms with E-state index in [9.17, 15) is 49.2 Å². The average molecular weight is 1120 g/mol. The lowest BCUT2D eigenvalue weighted by Gasteiger charge is -2.38. The highest BCUT2D eigenvalue weighted by molar-refractivity contribution is 9.10. The number of carboxylic acid groups (broad SMARTS) is 1. The number of nitrogens with zero attached hydrogens (tertiary/aromatic N) is 3. The zero-order valence-corrected chi connectivity index (χ0v) is 43.7. The number of ketones is 2. The Labute approximate surface area is 446 Å². The number of terminal acetylenes is 1. The molecule has 2 aromatic heterocycles. The third-order valence-electron chi connectivity index (χ3n) is 12.0. The summed E-state index contributed by atoms with van der Waals surface area (Å²) in [6, 6.07) is 19.3. The van der Waals surface area contributed by atoms with Crippen LogP contribution in [0.1, 0.15) is 65.5 Å². The molecule has 0 radical (unpaired) electrons. The van der Waals surface area contributed by atoms with Crippen molar-refractivity contribution in [3.8, 4) is 18.1 Å². The van der Waals surface area contributed by atoms with Crippen molar-refractivity contribution in [1.29, 1.82) is 0 Å². The van der Waals surface area contributed by atoms with Crippen molar-refractivity contribution in [2.75, 3.05) is 62.9 Å². The molecule has 1 aliphatic heterocycles. The fourth-order valence-electron chi connectivity index (χ4n) is 7.98. The van der Waals surface area contributed by atoms with Gasteiger partial charge in [0.25, 0.3) is 5.56 Å². The van der Waals surface area contributed by atoms with Crippen LogP contribution in [0.15, 0.2) is 88.4 Å². The molecule has 1 saturated heterocycles. The molecule has 0 unspecified atom stereocenters. The van der Waals surface area contributed by atoms with E-state index in [0.29, 0.717) is 73.7 Å². The monoisotopic (exact) mass is 1110 g/mol. The van der Waals surface area contributed by atoms with Crippen LogP contribution in [0.25, 0.3) is 10.9 Å². The Balaban J connectivity index is 1.04. The fraction of sp³-hybridized carbons (Fsp3) is 0.407. The van der Waals surface area contributed by atoms with Gasteiger partial charge in [0.15, 0.2) is 30.8 Å². The highest BCUT2D eigenvalue weighted by atomic mass is 79.9. The lowest BCUT2D eigenvalue weighted by atomic mass is 9.99. The minimum absolute atomic E-state index is 0.0299. The Morgan fingerprint density at radius 3 is 2.28 bits per heavy atom. The van der Waals surface area contributed by atoms with E-state index in [2.05, 4.69) is 42.5 Å². The lowest BCUT2D eigenvalue weighted by Crippen LogP contribution is -2.61. The molecule has 5 atom stereocenters. The molecule has 0 spiro atoms. The molecule has 76 heavy (non-hydrogen) atoms. The Morgan fingerprint density at radius 1 is 0.868 bits per heavy atom. The van der Waals surface area contributed by atoms with Gasteiger partial charge in [0.05, 0.1) is 62.8 Å². The van der Waals surface area contributed by atoms with E-state index in [1.54, 1.807) is 37.3 Å². The van der Waals surface area contributed by atoms with E-state index < -0.39 is 42.6 Å². The van der Waals surface area contributed by atoms with Crippen molar-refractivity contribution in [2.45, 2.75) is 89.7 Å². The van der Waals surface area contributed by atoms with Gasteiger partial charge in [-0.1, -0.05) is 21.9 Å². The molecule has 0 aliphatic carbocycles. The lowest BCUT2D eigenvalue weighted by molar-refractivity contribution is -0.688. The zero-order chi connectivity index (χ0) is 54.7. The number of nitrogens with one attached hydrogen (secondary N) is 3. The molecular weight excluding hydrogens is 1050 g/mol. The van der Waals surface area contributed by atoms with Crippen LogP contribution in [-0.2, 0) is 57.6 Å². The Morgan fingerprint density at radius 2 is 1.58 bits per heavy atom. The third kappa shape index (κ3) is 17.3. The first kappa shape index (κ1) is 58.3. The van der Waals surface area contributed by atoms with Crippen LogP contribution < -0.4 is 30.4 Å². The first-order valence-electron chi connectivity index (χ1n) is 24.5. The number of carbonyl (C=O) groups is 5. The Kier molecular flexibility index (Phi) is 22.1. The topological polar surface area (TPSA) is 289 Å². The summed E-state index contributed by atoms with van der Waals surface area (Å²) in [6.07, 6.45) is 0.866. The number of hydrogen-bond acceptors (Lipinski definition) is 16. The van der Waals surface area contributed by atoms with Gasteiger partial charge in [-0.3, -0.25) is 24.0 Å². The number of carbonyl (C=O) groups excluding carboxylic acids is 4. The smallest absolute Gasteiger partial charge is 0.335 e. The number of carboxylic acids is 1. The van der Waals surface area contributed by atoms with Crippen LogP contribution in [-0.4, -0.2) is 143 Å². The van der Waals surface area contributed by atoms with Crippen molar-refractivity contribution in [3.05, 3.63) is 122 Å². The van der Waals surface area contributed by atoms with Crippen LogP contribution in [0.2, 0.25) is 0 Å². The highest BCUT2D eigenvalue weighted by Crippen LogP contribution is 2.32. The second kappa shape index (κ2) is 28.8. The molecule has 0 saturated carbocycles. The van der Waals surface area contributed by atoms with Gasteiger partial charge >= 0.3 is 5.97 Å². The van der Waals surface area contributed by atoms with Gasteiger partial charge in [-0.05, 0) is 86.5 Å². The van der Waals surface area contributed by atoms with Gasteiger partial charge in [0, 0.05) is 71.7 Å². The molecule has 3 aromatic carbocycles. The van der Waals surface area contributed by atoms with Crippen molar-refractivity contribution in [2.24, 2.45) is 0 Å². The molecule has 21 nitrogen and oxygen atoms in total. The third-order valence-corrected chi connectivity index (χ3v) is 12.7. The van der Waals surface area contributed by atoms with Crippen molar-refractivity contribution in [1.82, 2.24) is 15.3 Å². The van der Waals surface area contributed by atoms with Gasteiger partial charge in [0.2, 0.25) is 18.1 Å². The first-order chi connectivity index (χ1) is 36.5. The summed E-state index contributed by atoms with van der Waals surface area (Å²) in [4.78, 5) is 83.8. The zero-order valence-electron chi connectivity index (χ0n) is 42.1. The molecule has 3 heterocycles. The van der Waals surface area contributed by atoms with E-state index in [4.69, 9.17) is 30.1 Å². The minimum Gasteiger partial charge on any atom is -0.479 e. The summed E-state index contributed by atoms with van der Waals surface area (Å²) >= 11 is 3.62. The molecule has 2 amide bonds. The summed E-state index contributed by atoms with van der Waals surface area (Å²) in [5.74, 6) is 0.636. The SMILES string of the molecule is C#CCN(Cc1cc2c(=O)[nH]c(C)nc2cc1Br)c1ccc(C(=O)CCc2ccc[n+](Cc3ccc(O[C@@H]4O[C@H](C(=O)O)[C@@H](O)[C@H](O)[C@H]4O)c(NC(=O)CCNC(=O)CCOCCOCCOCCC(C)=O)c3)c2)cc1. The van der Waals surface area contributed by atoms with Gasteiger partial charge in [-0.2, -0.15) is 0 Å². The number of halogens is 1. The number of aromatic amines is 1. The van der Waals surface area contributed by atoms with Crippen LogP contribution in [0.5, 0.6) is 5.75 Å². The predicted molar refractivity (Wildman–Crippen MR) is 280 cm³/mol. The number of aromatic nitrogens is 3. The molecule has 1 fully saturated rings. The number of benzene rings is 3. The highest BCUT2D eigenvalue weighted by Gasteiger charge is 2.48. The summed E-state index contributed by atoms with van der Waals surface area (Å²) < 4.78 is 30.0. The number of fused-ring (bicyclic) bond motifs is 1. The number of ether oxygens (including phenoxy) is 5. The number of pyridine rings is 1. The average Bonchev–Trinajstić information content (AvgIpc) is 3.38. The van der Waals surface area contributed by atoms with Crippen molar-refractivity contribution >= 4 is 67.6 Å². The van der Waals surface area contributed by atoms with Crippen molar-refractivity contribution in [3.63, 3.8) is 0 Å². The van der Waals surface area contributed by atoms with E-state index >= 15 is 0 Å². The fourth-order valence-corrected chi connectivity index (χ4v) is 8.44. The van der Waals surface area contributed by atoms with E-state index in [1.807, 2.05) is 52.2 Å². The number of anilines is 2. The summed E-state index contributed by atoms with van der Waals surface area (Å²) in [5, 5.41) is 46.7. The number of Topliss-reactive ketones (excluding diaryl/α,β-unsaturated/α-hetero) is 2. The van der Waals surface area contributed by atoms with Crippen LogP contribution in [0.4, 0.5) is 11.4 Å². The molecule has 404 valence electrons. The molecule has 6 rings (SSSR count). The van der Waals surface area contributed by atoms with Gasteiger partial charge in [-0.15, -0.1) is 6.42 Å². The van der Waals surface area contributed by atoms with Crippen LogP contribution in [0.3, 0.4) is 0 Å². The van der Waals surface area contributed by atoms with Crippen molar-refractivity contribution < 1.29 is 72.7 Å². The summed E-state index contributed by atoms with van der Waals surface area (Å²) in [6.45, 7) is 5.80. The second-order valence-corrected chi connectivity index (χ2v) is 18.8. The molecule has 1 aliphatic rings. The number of amides is 2. The number of rotatable bonds is 29. The largest absolute Gasteiger partial charge is 0.479 e. The quantitative estimate of drug-likeness (QED) is 0.0157. The number of H-pyrrole nitrogens is 1. The van der Waals surface area contributed by atoms with E-state index in [-0.39, 0.29) is 86.6 Å². The van der Waals surface area contributed by atoms with Crippen LogP contribution in [0, 0.1) is 19.3 Å². The maximum Gasteiger partial charge on any atom is 0.335 e. The molecule has 0 bridgehead atoms. The second-order valence-electron chi connectivity index (χ2n) is 17.9. The minimum atomic E-state index is -1.95.